The highest BCUT2D eigenvalue weighted by atomic mass is 16.5. The van der Waals surface area contributed by atoms with Crippen LogP contribution in [0.5, 0.6) is 11.5 Å². The zero-order valence-electron chi connectivity index (χ0n) is 40.6. The van der Waals surface area contributed by atoms with E-state index >= 15 is 0 Å². The van der Waals surface area contributed by atoms with Crippen LogP contribution >= 0.6 is 0 Å². The van der Waals surface area contributed by atoms with Crippen LogP contribution in [-0.4, -0.2) is 20.1 Å². The minimum Gasteiger partial charge on any atom is -0.458 e. The average Bonchev–Trinajstić information content (AvgIpc) is 3.39. The molecule has 7 heteroatoms. The van der Waals surface area contributed by atoms with Crippen molar-refractivity contribution in [3.8, 4) is 11.5 Å². The molecule has 5 aliphatic heterocycles. The van der Waals surface area contributed by atoms with Crippen LogP contribution in [0.3, 0.4) is 0 Å². The molecule has 0 saturated carbocycles. The van der Waals surface area contributed by atoms with E-state index in [-0.39, 0.29) is 20.1 Å². The Morgan fingerprint density at radius 3 is 1.30 bits per heavy atom. The number of rotatable bonds is 6. The molecule has 0 fully saturated rings. The molecule has 70 heavy (non-hydrogen) atoms. The maximum Gasteiger partial charge on any atom is 0.252 e. The van der Waals surface area contributed by atoms with E-state index in [9.17, 15) is 0 Å². The summed E-state index contributed by atoms with van der Waals surface area (Å²) in [5.74, 6) is 2.93. The smallest absolute Gasteiger partial charge is 0.252 e. The second kappa shape index (κ2) is 15.4. The molecule has 14 rings (SSSR count). The molecule has 4 nitrogen and oxygen atoms in total. The van der Waals surface area contributed by atoms with Crippen LogP contribution < -0.4 is 68.6 Å². The lowest BCUT2D eigenvalue weighted by Gasteiger charge is -2.51. The molecule has 9 aromatic rings. The van der Waals surface area contributed by atoms with Crippen molar-refractivity contribution in [2.24, 2.45) is 0 Å². The lowest BCUT2D eigenvalue weighted by molar-refractivity contribution is 0.487. The third kappa shape index (κ3) is 5.75. The number of ether oxygens (including phenoxy) is 1. The van der Waals surface area contributed by atoms with Crippen molar-refractivity contribution in [1.82, 2.24) is 0 Å². The van der Waals surface area contributed by atoms with Crippen molar-refractivity contribution in [3.05, 3.63) is 205 Å². The Bertz CT molecular complexity index is 3590. The Kier molecular flexibility index (Phi) is 9.12. The number of fused-ring (bicyclic) bond motifs is 12. The molecule has 0 unspecified atom stereocenters. The molecule has 0 atom stereocenters. The highest BCUT2D eigenvalue weighted by molar-refractivity contribution is 7.05. The maximum absolute atomic E-state index is 7.25. The fourth-order valence-electron chi connectivity index (χ4n) is 13.1. The van der Waals surface area contributed by atoms with Gasteiger partial charge in [-0.05, 0) is 133 Å². The maximum atomic E-state index is 7.25. The van der Waals surface area contributed by atoms with Gasteiger partial charge in [-0.15, -0.1) is 0 Å². The lowest BCUT2D eigenvalue weighted by atomic mass is 9.28. The molecule has 0 aliphatic carbocycles. The van der Waals surface area contributed by atoms with Crippen molar-refractivity contribution in [3.63, 3.8) is 0 Å². The van der Waals surface area contributed by atoms with Crippen LogP contribution in [0, 0.1) is 0 Å². The first kappa shape index (κ1) is 41.4. The van der Waals surface area contributed by atoms with Crippen molar-refractivity contribution < 1.29 is 4.74 Å². The van der Waals surface area contributed by atoms with E-state index < -0.39 is 0 Å². The number of para-hydroxylation sites is 6. The van der Waals surface area contributed by atoms with Crippen molar-refractivity contribution in [1.29, 1.82) is 0 Å². The fraction of sp³-hybridized carbons (Fsp3) is 0.143. The van der Waals surface area contributed by atoms with Gasteiger partial charge < -0.3 is 19.4 Å². The largest absolute Gasteiger partial charge is 0.458 e. The monoisotopic (exact) mass is 899 g/mol. The summed E-state index contributed by atoms with van der Waals surface area (Å²) in [7, 11) is 0. The first-order valence-electron chi connectivity index (χ1n) is 25.4. The number of anilines is 9. The molecule has 9 aromatic carbocycles. The fourth-order valence-corrected chi connectivity index (χ4v) is 13.1. The normalized spacial score (nSPS) is 14.2. The third-order valence-corrected chi connectivity index (χ3v) is 16.1. The van der Waals surface area contributed by atoms with Crippen LogP contribution in [0.4, 0.5) is 51.2 Å². The van der Waals surface area contributed by atoms with Gasteiger partial charge in [-0.2, -0.15) is 0 Å². The second-order valence-corrected chi connectivity index (χ2v) is 20.9. The van der Waals surface area contributed by atoms with E-state index in [1.165, 1.54) is 100.0 Å². The zero-order valence-corrected chi connectivity index (χ0v) is 40.6. The van der Waals surface area contributed by atoms with Crippen LogP contribution in [0.25, 0.3) is 0 Å². The quantitative estimate of drug-likeness (QED) is 0.155. The Labute approximate surface area is 413 Å². The molecule has 5 aliphatic rings. The van der Waals surface area contributed by atoms with Gasteiger partial charge in [0, 0.05) is 57.3 Å². The van der Waals surface area contributed by atoms with Gasteiger partial charge >= 0.3 is 0 Å². The summed E-state index contributed by atoms with van der Waals surface area (Å²) in [4.78, 5) is 7.71. The van der Waals surface area contributed by atoms with Crippen molar-refractivity contribution >= 4 is 120 Å². The minimum absolute atomic E-state index is 0.0303. The second-order valence-electron chi connectivity index (χ2n) is 20.9. The van der Waals surface area contributed by atoms with E-state index in [0.717, 1.165) is 28.6 Å². The van der Waals surface area contributed by atoms with Crippen LogP contribution in [0.1, 0.15) is 76.0 Å². The summed E-state index contributed by atoms with van der Waals surface area (Å²) >= 11 is 0. The molecular weight excluding hydrogens is 847 g/mol. The van der Waals surface area contributed by atoms with Gasteiger partial charge in [0.2, 0.25) is 0 Å². The predicted molar refractivity (Wildman–Crippen MR) is 300 cm³/mol. The number of nitrogens with zero attached hydrogens (tertiary/aromatic N) is 3. The van der Waals surface area contributed by atoms with Crippen LogP contribution in [0.15, 0.2) is 188 Å². The topological polar surface area (TPSA) is 19.0 Å². The van der Waals surface area contributed by atoms with Gasteiger partial charge in [-0.25, -0.2) is 0 Å². The van der Waals surface area contributed by atoms with Crippen molar-refractivity contribution in [2.45, 2.75) is 59.3 Å². The Morgan fingerprint density at radius 1 is 0.329 bits per heavy atom. The number of hydrogen-bond acceptors (Lipinski definition) is 4. The average molecular weight is 900 g/mol. The Morgan fingerprint density at radius 2 is 0.771 bits per heavy atom. The SMILES string of the molecule is CC(C)c1cc(C(C)C)c(B2c3ccccc3Oc3cc4c(cc32)B2c3ccccc3N3c5ccccc5B5c6ccccc6N(c6ccccc6)c6cc(c2c3c65)N4c2ccccc2)c(C(C)C)c1. The van der Waals surface area contributed by atoms with E-state index in [0.29, 0.717) is 17.8 Å². The van der Waals surface area contributed by atoms with Gasteiger partial charge in [0.15, 0.2) is 0 Å². The molecule has 5 heterocycles. The molecule has 0 saturated heterocycles. The predicted octanol–water partition coefficient (Wildman–Crippen LogP) is 10.4. The zero-order chi connectivity index (χ0) is 47.1. The molecule has 0 spiro atoms. The van der Waals surface area contributed by atoms with E-state index in [1.807, 2.05) is 0 Å². The summed E-state index contributed by atoms with van der Waals surface area (Å²) in [6.07, 6.45) is 0. The summed E-state index contributed by atoms with van der Waals surface area (Å²) in [5.41, 5.74) is 26.9. The van der Waals surface area contributed by atoms with Crippen molar-refractivity contribution in [2.75, 3.05) is 14.7 Å². The summed E-state index contributed by atoms with van der Waals surface area (Å²) in [6.45, 7) is 14.1. The van der Waals surface area contributed by atoms with Gasteiger partial charge in [0.25, 0.3) is 20.1 Å². The molecular formula is C63H52B3N3O. The Balaban J connectivity index is 1.12. The molecule has 0 radical (unpaired) electrons. The van der Waals surface area contributed by atoms with Gasteiger partial charge in [0.05, 0.1) is 0 Å². The van der Waals surface area contributed by atoms with Gasteiger partial charge in [0.1, 0.15) is 11.5 Å². The highest BCUT2D eigenvalue weighted by Crippen LogP contribution is 2.50. The summed E-state index contributed by atoms with van der Waals surface area (Å²) in [5, 5.41) is 0. The van der Waals surface area contributed by atoms with E-state index in [4.69, 9.17) is 4.74 Å². The van der Waals surface area contributed by atoms with E-state index in [2.05, 4.69) is 244 Å². The summed E-state index contributed by atoms with van der Waals surface area (Å²) < 4.78 is 7.25. The molecule has 0 bridgehead atoms. The van der Waals surface area contributed by atoms with E-state index in [1.54, 1.807) is 0 Å². The van der Waals surface area contributed by atoms with Gasteiger partial charge in [-0.1, -0.05) is 174 Å². The lowest BCUT2D eigenvalue weighted by Crippen LogP contribution is -2.69. The standard InChI is InChI=1S/C63H52B3N3O/c1-38(2)41-33-44(39(3)4)60(45(34-41)40(5)6)66-49-28-16-20-32-58(49)70-59-37-55-50(35-51(59)66)65-48-27-15-19-31-54(48)69-53-30-18-14-26-47(53)64-46-25-13-17-29-52(46)67(42-21-9-7-10-22-42)56-36-57(62(65)63(69)61(56)64)68(55)43-23-11-8-12-24-43/h7-40H,1-6H3. The highest BCUT2D eigenvalue weighted by Gasteiger charge is 2.52. The molecule has 0 N–H and O–H groups in total. The molecule has 0 aromatic heterocycles. The van der Waals surface area contributed by atoms with Gasteiger partial charge in [-0.3, -0.25) is 0 Å². The molecule has 0 amide bonds. The molecule has 334 valence electrons. The Hall–Kier alpha value is -7.63. The first-order chi connectivity index (χ1) is 34.3. The van der Waals surface area contributed by atoms with Crippen LogP contribution in [0.2, 0.25) is 0 Å². The summed E-state index contributed by atoms with van der Waals surface area (Å²) in [6, 6.07) is 70.9. The first-order valence-corrected chi connectivity index (χ1v) is 25.4. The minimum atomic E-state index is -0.0634. The van der Waals surface area contributed by atoms with Crippen LogP contribution in [-0.2, 0) is 0 Å². The third-order valence-electron chi connectivity index (χ3n) is 16.1. The number of hydrogen-bond donors (Lipinski definition) is 0. The number of benzene rings is 9.